The van der Waals surface area contributed by atoms with Gasteiger partial charge >= 0.3 is 0 Å². The third kappa shape index (κ3) is 1.91. The lowest BCUT2D eigenvalue weighted by molar-refractivity contribution is 1.21. The molecule has 0 aromatic carbocycles. The Labute approximate surface area is 37.9 Å². The van der Waals surface area contributed by atoms with Gasteiger partial charge < -0.3 is 11.1 Å². The SMILES string of the molecule is [CH2]CC(=N)CN. The van der Waals surface area contributed by atoms with E-state index in [0.29, 0.717) is 18.7 Å². The summed E-state index contributed by atoms with van der Waals surface area (Å²) in [6.45, 7) is 3.80. The number of hydrogen-bond acceptors (Lipinski definition) is 2. The minimum absolute atomic E-state index is 0.351. The quantitative estimate of drug-likeness (QED) is 0.462. The van der Waals surface area contributed by atoms with Crippen LogP contribution in [0.5, 0.6) is 0 Å². The standard InChI is InChI=1S/C4H9N2/c1-2-4(6)3-5/h6H,1-3,5H2. The van der Waals surface area contributed by atoms with E-state index in [0.717, 1.165) is 0 Å². The molecule has 0 aromatic rings. The van der Waals surface area contributed by atoms with Crippen molar-refractivity contribution in [3.63, 3.8) is 0 Å². The van der Waals surface area contributed by atoms with Gasteiger partial charge in [-0.1, -0.05) is 0 Å². The van der Waals surface area contributed by atoms with Crippen molar-refractivity contribution in [3.05, 3.63) is 6.92 Å². The van der Waals surface area contributed by atoms with Crippen LogP contribution in [0.25, 0.3) is 0 Å². The van der Waals surface area contributed by atoms with Gasteiger partial charge in [-0.3, -0.25) is 0 Å². The summed E-state index contributed by atoms with van der Waals surface area (Å²) in [5, 5.41) is 6.80. The molecule has 0 saturated carbocycles. The zero-order valence-electron chi connectivity index (χ0n) is 3.70. The highest BCUT2D eigenvalue weighted by Gasteiger charge is 1.81. The average molecular weight is 85.1 g/mol. The fourth-order valence-corrected chi connectivity index (χ4v) is 0.102. The van der Waals surface area contributed by atoms with Crippen LogP contribution >= 0.6 is 0 Å². The molecule has 0 unspecified atom stereocenters. The highest BCUT2D eigenvalue weighted by molar-refractivity contribution is 5.83. The molecule has 2 nitrogen and oxygen atoms in total. The number of rotatable bonds is 2. The molecule has 0 atom stereocenters. The molecule has 0 fully saturated rings. The van der Waals surface area contributed by atoms with Crippen molar-refractivity contribution in [1.82, 2.24) is 0 Å². The lowest BCUT2D eigenvalue weighted by Gasteiger charge is -1.87. The summed E-state index contributed by atoms with van der Waals surface area (Å²) in [5.74, 6) is 0. The van der Waals surface area contributed by atoms with Crippen LogP contribution in [0, 0.1) is 12.3 Å². The summed E-state index contributed by atoms with van der Waals surface area (Å²) in [6.07, 6.45) is 0.538. The molecule has 0 saturated heterocycles. The predicted molar refractivity (Wildman–Crippen MR) is 26.8 cm³/mol. The van der Waals surface area contributed by atoms with Gasteiger partial charge in [-0.15, -0.1) is 0 Å². The molecule has 0 spiro atoms. The lowest BCUT2D eigenvalue weighted by Crippen LogP contribution is -2.10. The van der Waals surface area contributed by atoms with Gasteiger partial charge in [0.2, 0.25) is 0 Å². The Morgan fingerprint density at radius 1 is 1.83 bits per heavy atom. The Hall–Kier alpha value is -0.370. The molecule has 35 valence electrons. The first-order valence-corrected chi connectivity index (χ1v) is 1.87. The normalized spacial score (nSPS) is 8.33. The van der Waals surface area contributed by atoms with Gasteiger partial charge in [0.1, 0.15) is 0 Å². The maximum atomic E-state index is 6.80. The Morgan fingerprint density at radius 2 is 2.33 bits per heavy atom. The Balaban J connectivity index is 2.99. The molecule has 0 aliphatic carbocycles. The van der Waals surface area contributed by atoms with Crippen molar-refractivity contribution >= 4 is 5.71 Å². The van der Waals surface area contributed by atoms with E-state index in [1.807, 2.05) is 0 Å². The molecule has 0 aromatic heterocycles. The number of hydrogen-bond donors (Lipinski definition) is 2. The summed E-state index contributed by atoms with van der Waals surface area (Å²) in [4.78, 5) is 0. The molecule has 0 aliphatic heterocycles. The molecular formula is C4H9N2. The minimum atomic E-state index is 0.351. The molecule has 2 heteroatoms. The lowest BCUT2D eigenvalue weighted by atomic mass is 10.3. The first kappa shape index (κ1) is 5.63. The van der Waals surface area contributed by atoms with Crippen LogP contribution < -0.4 is 5.73 Å². The molecule has 6 heavy (non-hydrogen) atoms. The van der Waals surface area contributed by atoms with Crippen molar-refractivity contribution in [2.75, 3.05) is 6.54 Å². The summed E-state index contributed by atoms with van der Waals surface area (Å²) in [6, 6.07) is 0. The zero-order valence-corrected chi connectivity index (χ0v) is 3.70. The maximum absolute atomic E-state index is 6.80. The second kappa shape index (κ2) is 2.85. The molecule has 0 heterocycles. The van der Waals surface area contributed by atoms with Crippen LogP contribution in [0.2, 0.25) is 0 Å². The fraction of sp³-hybridized carbons (Fsp3) is 0.500. The zero-order chi connectivity index (χ0) is 4.99. The Morgan fingerprint density at radius 3 is 2.33 bits per heavy atom. The number of nitrogens with two attached hydrogens (primary N) is 1. The first-order valence-electron chi connectivity index (χ1n) is 1.87. The predicted octanol–water partition coefficient (Wildman–Crippen LogP) is 0.189. The average Bonchev–Trinajstić information content (AvgIpc) is 1.65. The fourth-order valence-electron chi connectivity index (χ4n) is 0.102. The van der Waals surface area contributed by atoms with Gasteiger partial charge in [-0.2, -0.15) is 0 Å². The molecule has 0 amide bonds. The van der Waals surface area contributed by atoms with E-state index >= 15 is 0 Å². The molecule has 3 N–H and O–H groups in total. The van der Waals surface area contributed by atoms with E-state index in [1.165, 1.54) is 0 Å². The van der Waals surface area contributed by atoms with Crippen molar-refractivity contribution in [3.8, 4) is 0 Å². The van der Waals surface area contributed by atoms with E-state index in [9.17, 15) is 0 Å². The van der Waals surface area contributed by atoms with Crippen molar-refractivity contribution < 1.29 is 0 Å². The summed E-state index contributed by atoms with van der Waals surface area (Å²) >= 11 is 0. The largest absolute Gasteiger partial charge is 0.326 e. The monoisotopic (exact) mass is 85.1 g/mol. The van der Waals surface area contributed by atoms with Crippen molar-refractivity contribution in [2.45, 2.75) is 6.42 Å². The van der Waals surface area contributed by atoms with E-state index in [4.69, 9.17) is 11.1 Å². The second-order valence-corrected chi connectivity index (χ2v) is 1.06. The third-order valence-electron chi connectivity index (χ3n) is 0.548. The van der Waals surface area contributed by atoms with E-state index < -0.39 is 0 Å². The van der Waals surface area contributed by atoms with Gasteiger partial charge in [-0.05, 0) is 13.3 Å². The molecule has 0 rings (SSSR count). The smallest absolute Gasteiger partial charge is 0.0307 e. The van der Waals surface area contributed by atoms with Crippen LogP contribution in [-0.4, -0.2) is 12.3 Å². The Bertz CT molecular complexity index is 43.5. The van der Waals surface area contributed by atoms with Gasteiger partial charge in [0, 0.05) is 12.3 Å². The molecular weight excluding hydrogens is 76.1 g/mol. The Kier molecular flexibility index (Phi) is 2.67. The second-order valence-electron chi connectivity index (χ2n) is 1.06. The first-order chi connectivity index (χ1) is 2.81. The topological polar surface area (TPSA) is 49.9 Å². The summed E-state index contributed by atoms with van der Waals surface area (Å²) in [7, 11) is 0. The highest BCUT2D eigenvalue weighted by atomic mass is 14.6. The molecule has 0 bridgehead atoms. The maximum Gasteiger partial charge on any atom is 0.0307 e. The van der Waals surface area contributed by atoms with Gasteiger partial charge in [-0.25, -0.2) is 0 Å². The molecule has 0 aliphatic rings. The van der Waals surface area contributed by atoms with E-state index in [2.05, 4.69) is 6.92 Å². The highest BCUT2D eigenvalue weighted by Crippen LogP contribution is 1.72. The number of nitrogens with one attached hydrogen (secondary N) is 1. The summed E-state index contributed by atoms with van der Waals surface area (Å²) < 4.78 is 0. The summed E-state index contributed by atoms with van der Waals surface area (Å²) in [5.41, 5.74) is 5.53. The van der Waals surface area contributed by atoms with Crippen molar-refractivity contribution in [1.29, 1.82) is 5.41 Å². The van der Waals surface area contributed by atoms with Gasteiger partial charge in [0.25, 0.3) is 0 Å². The van der Waals surface area contributed by atoms with Crippen LogP contribution in [-0.2, 0) is 0 Å². The van der Waals surface area contributed by atoms with Crippen molar-refractivity contribution in [2.24, 2.45) is 5.73 Å². The van der Waals surface area contributed by atoms with Crippen LogP contribution in [0.15, 0.2) is 0 Å². The van der Waals surface area contributed by atoms with Crippen LogP contribution in [0.1, 0.15) is 6.42 Å². The minimum Gasteiger partial charge on any atom is -0.326 e. The van der Waals surface area contributed by atoms with E-state index in [-0.39, 0.29) is 0 Å². The van der Waals surface area contributed by atoms with Crippen LogP contribution in [0.4, 0.5) is 0 Å². The van der Waals surface area contributed by atoms with Gasteiger partial charge in [0.15, 0.2) is 0 Å². The van der Waals surface area contributed by atoms with E-state index in [1.54, 1.807) is 0 Å². The van der Waals surface area contributed by atoms with Gasteiger partial charge in [0.05, 0.1) is 0 Å². The third-order valence-corrected chi connectivity index (χ3v) is 0.548. The van der Waals surface area contributed by atoms with Crippen LogP contribution in [0.3, 0.4) is 0 Å². The molecule has 1 radical (unpaired) electrons.